The van der Waals surface area contributed by atoms with Gasteiger partial charge in [0.05, 0.1) is 12.6 Å². The monoisotopic (exact) mass is 275 g/mol. The number of aliphatic hydroxyl groups is 1. The predicted molar refractivity (Wildman–Crippen MR) is 80.4 cm³/mol. The SMILES string of the molecule is CCc1ccc(C(O)CN2CCC(C)CCC2=O)cc1. The summed E-state index contributed by atoms with van der Waals surface area (Å²) >= 11 is 0. The number of hydrogen-bond acceptors (Lipinski definition) is 2. The molecule has 1 aromatic carbocycles. The number of amides is 1. The number of benzene rings is 1. The van der Waals surface area contributed by atoms with Crippen LogP contribution in [0, 0.1) is 5.92 Å². The van der Waals surface area contributed by atoms with Crippen LogP contribution in [0.4, 0.5) is 0 Å². The molecule has 1 saturated heterocycles. The Morgan fingerprint density at radius 3 is 2.65 bits per heavy atom. The zero-order chi connectivity index (χ0) is 14.5. The smallest absolute Gasteiger partial charge is 0.222 e. The maximum Gasteiger partial charge on any atom is 0.222 e. The molecule has 0 spiro atoms. The molecule has 2 rings (SSSR count). The van der Waals surface area contributed by atoms with Crippen LogP contribution < -0.4 is 0 Å². The van der Waals surface area contributed by atoms with Crippen molar-refractivity contribution < 1.29 is 9.90 Å². The number of aryl methyl sites for hydroxylation is 1. The fraction of sp³-hybridized carbons (Fsp3) is 0.588. The first-order valence-corrected chi connectivity index (χ1v) is 7.64. The topological polar surface area (TPSA) is 40.5 Å². The van der Waals surface area contributed by atoms with E-state index < -0.39 is 6.10 Å². The Labute approximate surface area is 121 Å². The molecule has 2 atom stereocenters. The molecule has 1 N–H and O–H groups in total. The first-order chi connectivity index (χ1) is 9.60. The van der Waals surface area contributed by atoms with E-state index in [1.807, 2.05) is 29.2 Å². The Hall–Kier alpha value is -1.35. The highest BCUT2D eigenvalue weighted by atomic mass is 16.3. The Bertz CT molecular complexity index is 441. The van der Waals surface area contributed by atoms with Crippen LogP contribution in [-0.4, -0.2) is 29.0 Å². The molecule has 1 amide bonds. The fourth-order valence-electron chi connectivity index (χ4n) is 2.66. The van der Waals surface area contributed by atoms with E-state index in [0.717, 1.165) is 31.4 Å². The number of hydrogen-bond donors (Lipinski definition) is 1. The van der Waals surface area contributed by atoms with Gasteiger partial charge in [0, 0.05) is 13.0 Å². The quantitative estimate of drug-likeness (QED) is 0.918. The number of carbonyl (C=O) groups excluding carboxylic acids is 1. The summed E-state index contributed by atoms with van der Waals surface area (Å²) < 4.78 is 0. The van der Waals surface area contributed by atoms with Gasteiger partial charge in [0.2, 0.25) is 5.91 Å². The third kappa shape index (κ3) is 3.83. The molecule has 2 unspecified atom stereocenters. The Balaban J connectivity index is 1.98. The summed E-state index contributed by atoms with van der Waals surface area (Å²) in [5, 5.41) is 10.3. The lowest BCUT2D eigenvalue weighted by molar-refractivity contribution is -0.132. The molecule has 1 aliphatic rings. The van der Waals surface area contributed by atoms with Crippen LogP contribution in [-0.2, 0) is 11.2 Å². The summed E-state index contributed by atoms with van der Waals surface area (Å²) in [4.78, 5) is 13.9. The van der Waals surface area contributed by atoms with Crippen LogP contribution in [0.15, 0.2) is 24.3 Å². The van der Waals surface area contributed by atoms with Crippen molar-refractivity contribution in [1.29, 1.82) is 0 Å². The van der Waals surface area contributed by atoms with E-state index >= 15 is 0 Å². The first-order valence-electron chi connectivity index (χ1n) is 7.64. The second-order valence-electron chi connectivity index (χ2n) is 5.88. The van der Waals surface area contributed by atoms with Crippen LogP contribution in [0.5, 0.6) is 0 Å². The van der Waals surface area contributed by atoms with Crippen molar-refractivity contribution in [2.45, 2.75) is 45.6 Å². The van der Waals surface area contributed by atoms with Gasteiger partial charge in [-0.25, -0.2) is 0 Å². The minimum Gasteiger partial charge on any atom is -0.387 e. The van der Waals surface area contributed by atoms with E-state index in [-0.39, 0.29) is 5.91 Å². The normalized spacial score (nSPS) is 21.6. The maximum absolute atomic E-state index is 12.0. The lowest BCUT2D eigenvalue weighted by atomic mass is 10.0. The highest BCUT2D eigenvalue weighted by molar-refractivity contribution is 5.76. The Morgan fingerprint density at radius 1 is 1.30 bits per heavy atom. The van der Waals surface area contributed by atoms with Gasteiger partial charge in [0.1, 0.15) is 0 Å². The van der Waals surface area contributed by atoms with Gasteiger partial charge in [-0.3, -0.25) is 4.79 Å². The number of carbonyl (C=O) groups is 1. The molecule has 0 aliphatic carbocycles. The highest BCUT2D eigenvalue weighted by Crippen LogP contribution is 2.21. The molecule has 3 heteroatoms. The second kappa shape index (κ2) is 6.89. The Morgan fingerprint density at radius 2 is 2.00 bits per heavy atom. The summed E-state index contributed by atoms with van der Waals surface area (Å²) in [6, 6.07) is 8.03. The van der Waals surface area contributed by atoms with E-state index in [2.05, 4.69) is 13.8 Å². The molecule has 0 radical (unpaired) electrons. The molecule has 1 aliphatic heterocycles. The average Bonchev–Trinajstić information content (AvgIpc) is 2.63. The summed E-state index contributed by atoms with van der Waals surface area (Å²) in [6.07, 6.45) is 3.03. The van der Waals surface area contributed by atoms with Gasteiger partial charge < -0.3 is 10.0 Å². The minimum atomic E-state index is -0.585. The van der Waals surface area contributed by atoms with Crippen LogP contribution >= 0.6 is 0 Å². The number of rotatable bonds is 4. The summed E-state index contributed by atoms with van der Waals surface area (Å²) in [6.45, 7) is 5.49. The van der Waals surface area contributed by atoms with Gasteiger partial charge in [-0.1, -0.05) is 38.1 Å². The summed E-state index contributed by atoms with van der Waals surface area (Å²) in [5.74, 6) is 0.781. The van der Waals surface area contributed by atoms with Crippen LogP contribution in [0.1, 0.15) is 50.3 Å². The van der Waals surface area contributed by atoms with Crippen LogP contribution in [0.2, 0.25) is 0 Å². The van der Waals surface area contributed by atoms with Gasteiger partial charge in [0.15, 0.2) is 0 Å². The molecule has 110 valence electrons. The van der Waals surface area contributed by atoms with Crippen molar-refractivity contribution in [3.8, 4) is 0 Å². The van der Waals surface area contributed by atoms with Crippen LogP contribution in [0.3, 0.4) is 0 Å². The van der Waals surface area contributed by atoms with Crippen molar-refractivity contribution in [3.05, 3.63) is 35.4 Å². The number of β-amino-alcohol motifs (C(OH)–C–C–N with tert-alkyl or cyclic N) is 1. The second-order valence-corrected chi connectivity index (χ2v) is 5.88. The lowest BCUT2D eigenvalue weighted by Crippen LogP contribution is -2.34. The van der Waals surface area contributed by atoms with Gasteiger partial charge in [-0.15, -0.1) is 0 Å². The largest absolute Gasteiger partial charge is 0.387 e. The van der Waals surface area contributed by atoms with E-state index in [1.165, 1.54) is 5.56 Å². The summed E-state index contributed by atoms with van der Waals surface area (Å²) in [5.41, 5.74) is 2.16. The van der Waals surface area contributed by atoms with Gasteiger partial charge >= 0.3 is 0 Å². The molecule has 0 aromatic heterocycles. The fourth-order valence-corrected chi connectivity index (χ4v) is 2.66. The molecule has 1 fully saturated rings. The van der Waals surface area contributed by atoms with Crippen molar-refractivity contribution in [2.75, 3.05) is 13.1 Å². The lowest BCUT2D eigenvalue weighted by Gasteiger charge is -2.24. The molecule has 20 heavy (non-hydrogen) atoms. The Kier molecular flexibility index (Phi) is 5.18. The molecular formula is C17H25NO2. The zero-order valence-electron chi connectivity index (χ0n) is 12.5. The maximum atomic E-state index is 12.0. The van der Waals surface area contributed by atoms with E-state index in [0.29, 0.717) is 18.9 Å². The first kappa shape index (κ1) is 15.0. The zero-order valence-corrected chi connectivity index (χ0v) is 12.5. The predicted octanol–water partition coefficient (Wildman–Crippen LogP) is 2.93. The van der Waals surface area contributed by atoms with Gasteiger partial charge in [-0.2, -0.15) is 0 Å². The standard InChI is InChI=1S/C17H25NO2/c1-3-14-5-7-15(8-6-14)16(19)12-18-11-10-13(2)4-9-17(18)20/h5-8,13,16,19H,3-4,9-12H2,1-2H3. The minimum absolute atomic E-state index is 0.179. The van der Waals surface area contributed by atoms with Crippen molar-refractivity contribution in [1.82, 2.24) is 4.90 Å². The van der Waals surface area contributed by atoms with Crippen molar-refractivity contribution >= 4 is 5.91 Å². The summed E-state index contributed by atoms with van der Waals surface area (Å²) in [7, 11) is 0. The van der Waals surface area contributed by atoms with Gasteiger partial charge in [0.25, 0.3) is 0 Å². The number of nitrogens with zero attached hydrogens (tertiary/aromatic N) is 1. The van der Waals surface area contributed by atoms with Crippen molar-refractivity contribution in [3.63, 3.8) is 0 Å². The van der Waals surface area contributed by atoms with Gasteiger partial charge in [-0.05, 0) is 36.3 Å². The molecule has 3 nitrogen and oxygen atoms in total. The number of likely N-dealkylation sites (tertiary alicyclic amines) is 1. The van der Waals surface area contributed by atoms with E-state index in [9.17, 15) is 9.90 Å². The average molecular weight is 275 g/mol. The third-order valence-electron chi connectivity index (χ3n) is 4.26. The van der Waals surface area contributed by atoms with Crippen LogP contribution in [0.25, 0.3) is 0 Å². The molecule has 1 heterocycles. The number of aliphatic hydroxyl groups excluding tert-OH is 1. The van der Waals surface area contributed by atoms with E-state index in [4.69, 9.17) is 0 Å². The molecule has 0 saturated carbocycles. The van der Waals surface area contributed by atoms with Crippen molar-refractivity contribution in [2.24, 2.45) is 5.92 Å². The molecule has 1 aromatic rings. The highest BCUT2D eigenvalue weighted by Gasteiger charge is 2.22. The molecular weight excluding hydrogens is 250 g/mol. The third-order valence-corrected chi connectivity index (χ3v) is 4.26. The van der Waals surface area contributed by atoms with E-state index in [1.54, 1.807) is 0 Å². The molecule has 0 bridgehead atoms.